The summed E-state index contributed by atoms with van der Waals surface area (Å²) in [4.78, 5) is 34.4. The fraction of sp³-hybridized carbons (Fsp3) is 0.0714. The van der Waals surface area contributed by atoms with Crippen molar-refractivity contribution in [1.82, 2.24) is 0 Å². The molecule has 0 aliphatic carbocycles. The van der Waals surface area contributed by atoms with Gasteiger partial charge in [-0.05, 0) is 23.6 Å². The number of hydrogen-bond acceptors (Lipinski definition) is 5. The van der Waals surface area contributed by atoms with Crippen molar-refractivity contribution >= 4 is 34.1 Å². The van der Waals surface area contributed by atoms with Gasteiger partial charge in [0, 0.05) is 0 Å². The van der Waals surface area contributed by atoms with Crippen LogP contribution >= 0.6 is 11.3 Å². The van der Waals surface area contributed by atoms with E-state index in [9.17, 15) is 23.2 Å². The zero-order valence-corrected chi connectivity index (χ0v) is 12.3. The summed E-state index contributed by atoms with van der Waals surface area (Å²) in [5, 5.41) is 4.05. The Bertz CT molecular complexity index is 756. The molecule has 0 saturated heterocycles. The number of nitrogens with one attached hydrogen (secondary N) is 1. The Morgan fingerprint density at radius 2 is 1.83 bits per heavy atom. The molecular weight excluding hydrogens is 330 g/mol. The second kappa shape index (κ2) is 6.97. The second-order valence-corrected chi connectivity index (χ2v) is 5.16. The molecule has 0 aliphatic heterocycles. The van der Waals surface area contributed by atoms with Crippen LogP contribution in [-0.4, -0.2) is 24.4 Å². The normalized spacial score (nSPS) is 10.2. The van der Waals surface area contributed by atoms with Crippen LogP contribution in [0.1, 0.15) is 20.7 Å². The molecule has 0 spiro atoms. The van der Waals surface area contributed by atoms with Crippen LogP contribution in [0.5, 0.6) is 0 Å². The predicted molar refractivity (Wildman–Crippen MR) is 78.1 cm³/mol. The number of esters is 1. The van der Waals surface area contributed by atoms with E-state index in [0.717, 1.165) is 29.5 Å². The molecule has 3 N–H and O–H groups in total. The molecule has 2 amide bonds. The molecule has 2 aromatic rings. The third-order valence-corrected chi connectivity index (χ3v) is 3.51. The number of hydrogen-bond donors (Lipinski definition) is 2. The molecule has 0 saturated carbocycles. The Balaban J connectivity index is 1.98. The first-order valence-electron chi connectivity index (χ1n) is 6.18. The molecule has 1 heterocycles. The molecular formula is C14H10F2N2O4S. The average Bonchev–Trinajstić information content (AvgIpc) is 2.93. The molecule has 1 aromatic carbocycles. The number of carbonyl (C=O) groups is 3. The summed E-state index contributed by atoms with van der Waals surface area (Å²) < 4.78 is 31.3. The van der Waals surface area contributed by atoms with E-state index in [0.29, 0.717) is 0 Å². The van der Waals surface area contributed by atoms with E-state index >= 15 is 0 Å². The summed E-state index contributed by atoms with van der Waals surface area (Å²) in [6, 6.07) is 4.30. The standard InChI is InChI=1S/C14H10F2N2O4S/c15-8-2-1-3-9(16)11(8)14(21)22-6-10(19)18-13-7(12(17)20)4-5-23-13/h1-5H,6H2,(H2,17,20)(H,18,19). The number of amides is 2. The van der Waals surface area contributed by atoms with Crippen LogP contribution in [0.3, 0.4) is 0 Å². The number of rotatable bonds is 5. The summed E-state index contributed by atoms with van der Waals surface area (Å²) in [5.74, 6) is -5.00. The van der Waals surface area contributed by atoms with E-state index in [1.807, 2.05) is 0 Å². The van der Waals surface area contributed by atoms with Gasteiger partial charge < -0.3 is 15.8 Å². The molecule has 1 aromatic heterocycles. The first kappa shape index (κ1) is 16.6. The molecule has 23 heavy (non-hydrogen) atoms. The first-order valence-corrected chi connectivity index (χ1v) is 7.06. The van der Waals surface area contributed by atoms with E-state index in [1.54, 1.807) is 0 Å². The average molecular weight is 340 g/mol. The van der Waals surface area contributed by atoms with Gasteiger partial charge in [-0.15, -0.1) is 11.3 Å². The molecule has 9 heteroatoms. The Kier molecular flexibility index (Phi) is 5.02. The number of anilines is 1. The van der Waals surface area contributed by atoms with Crippen molar-refractivity contribution in [3.63, 3.8) is 0 Å². The monoisotopic (exact) mass is 340 g/mol. The van der Waals surface area contributed by atoms with E-state index < -0.39 is 41.6 Å². The van der Waals surface area contributed by atoms with Crippen molar-refractivity contribution in [2.75, 3.05) is 11.9 Å². The molecule has 0 atom stereocenters. The summed E-state index contributed by atoms with van der Waals surface area (Å²) >= 11 is 1.05. The molecule has 120 valence electrons. The molecule has 2 rings (SSSR count). The molecule has 0 bridgehead atoms. The maximum Gasteiger partial charge on any atom is 0.344 e. The van der Waals surface area contributed by atoms with Gasteiger partial charge in [-0.3, -0.25) is 9.59 Å². The van der Waals surface area contributed by atoms with Gasteiger partial charge in [0.25, 0.3) is 11.8 Å². The summed E-state index contributed by atoms with van der Waals surface area (Å²) in [5.41, 5.74) is 4.34. The van der Waals surface area contributed by atoms with Crippen molar-refractivity contribution in [2.45, 2.75) is 0 Å². The van der Waals surface area contributed by atoms with Crippen molar-refractivity contribution in [3.8, 4) is 0 Å². The third kappa shape index (κ3) is 3.89. The molecule has 0 aliphatic rings. The van der Waals surface area contributed by atoms with E-state index in [1.165, 1.54) is 11.4 Å². The summed E-state index contributed by atoms with van der Waals surface area (Å²) in [6.07, 6.45) is 0. The zero-order valence-electron chi connectivity index (χ0n) is 11.5. The molecule has 6 nitrogen and oxygen atoms in total. The minimum Gasteiger partial charge on any atom is -0.452 e. The topological polar surface area (TPSA) is 98.5 Å². The number of benzene rings is 1. The van der Waals surface area contributed by atoms with Crippen molar-refractivity contribution in [3.05, 3.63) is 52.4 Å². The minimum atomic E-state index is -1.31. The highest BCUT2D eigenvalue weighted by Crippen LogP contribution is 2.22. The number of thiophene rings is 1. The van der Waals surface area contributed by atoms with Crippen LogP contribution in [0, 0.1) is 11.6 Å². The van der Waals surface area contributed by atoms with Crippen LogP contribution < -0.4 is 11.1 Å². The fourth-order valence-electron chi connectivity index (χ4n) is 1.66. The van der Waals surface area contributed by atoms with Gasteiger partial charge in [0.1, 0.15) is 22.2 Å². The minimum absolute atomic E-state index is 0.106. The highest BCUT2D eigenvalue weighted by molar-refractivity contribution is 7.14. The second-order valence-electron chi connectivity index (χ2n) is 4.25. The Labute approximate surface area is 132 Å². The van der Waals surface area contributed by atoms with Gasteiger partial charge in [-0.2, -0.15) is 0 Å². The Morgan fingerprint density at radius 3 is 2.43 bits per heavy atom. The van der Waals surface area contributed by atoms with Crippen LogP contribution in [0.4, 0.5) is 13.8 Å². The van der Waals surface area contributed by atoms with Crippen LogP contribution in [0.2, 0.25) is 0 Å². The van der Waals surface area contributed by atoms with Gasteiger partial charge in [0.15, 0.2) is 6.61 Å². The van der Waals surface area contributed by atoms with Gasteiger partial charge >= 0.3 is 5.97 Å². The summed E-state index contributed by atoms with van der Waals surface area (Å²) in [6.45, 7) is -0.775. The number of halogens is 2. The lowest BCUT2D eigenvalue weighted by Crippen LogP contribution is -2.23. The quantitative estimate of drug-likeness (QED) is 0.813. The summed E-state index contributed by atoms with van der Waals surface area (Å²) in [7, 11) is 0. The molecule has 0 unspecified atom stereocenters. The molecule has 0 radical (unpaired) electrons. The maximum absolute atomic E-state index is 13.4. The van der Waals surface area contributed by atoms with Crippen molar-refractivity contribution < 1.29 is 27.9 Å². The highest BCUT2D eigenvalue weighted by Gasteiger charge is 2.20. The van der Waals surface area contributed by atoms with E-state index in [2.05, 4.69) is 10.1 Å². The third-order valence-electron chi connectivity index (χ3n) is 2.68. The van der Waals surface area contributed by atoms with Gasteiger partial charge in [-0.25, -0.2) is 13.6 Å². The zero-order chi connectivity index (χ0) is 17.0. The SMILES string of the molecule is NC(=O)c1ccsc1NC(=O)COC(=O)c1c(F)cccc1F. The van der Waals surface area contributed by atoms with Crippen LogP contribution in [0.25, 0.3) is 0 Å². The van der Waals surface area contributed by atoms with E-state index in [4.69, 9.17) is 5.73 Å². The van der Waals surface area contributed by atoms with Crippen LogP contribution in [-0.2, 0) is 9.53 Å². The predicted octanol–water partition coefficient (Wildman–Crippen LogP) is 1.92. The number of nitrogens with two attached hydrogens (primary N) is 1. The van der Waals surface area contributed by atoms with Gasteiger partial charge in [-0.1, -0.05) is 6.07 Å². The van der Waals surface area contributed by atoms with Gasteiger partial charge in [0.05, 0.1) is 5.56 Å². The number of ether oxygens (including phenoxy) is 1. The lowest BCUT2D eigenvalue weighted by molar-refractivity contribution is -0.119. The van der Waals surface area contributed by atoms with Crippen LogP contribution in [0.15, 0.2) is 29.6 Å². The molecule has 0 fully saturated rings. The Morgan fingerprint density at radius 1 is 1.17 bits per heavy atom. The van der Waals surface area contributed by atoms with E-state index in [-0.39, 0.29) is 10.6 Å². The van der Waals surface area contributed by atoms with Crippen molar-refractivity contribution in [1.29, 1.82) is 0 Å². The fourth-order valence-corrected chi connectivity index (χ4v) is 2.47. The first-order chi connectivity index (χ1) is 10.9. The largest absolute Gasteiger partial charge is 0.452 e. The highest BCUT2D eigenvalue weighted by atomic mass is 32.1. The van der Waals surface area contributed by atoms with Crippen molar-refractivity contribution in [2.24, 2.45) is 5.73 Å². The van der Waals surface area contributed by atoms with Gasteiger partial charge in [0.2, 0.25) is 0 Å². The maximum atomic E-state index is 13.4. The lowest BCUT2D eigenvalue weighted by Gasteiger charge is -2.07. The Hall–Kier alpha value is -2.81. The number of primary amides is 1. The number of carbonyl (C=O) groups excluding carboxylic acids is 3. The lowest BCUT2D eigenvalue weighted by atomic mass is 10.2. The smallest absolute Gasteiger partial charge is 0.344 e.